The summed E-state index contributed by atoms with van der Waals surface area (Å²) in [6.45, 7) is 0.236. The topological polar surface area (TPSA) is 81.8 Å². The van der Waals surface area contributed by atoms with Gasteiger partial charge in [0.05, 0.1) is 11.4 Å². The summed E-state index contributed by atoms with van der Waals surface area (Å²) >= 11 is 0. The summed E-state index contributed by atoms with van der Waals surface area (Å²) < 4.78 is 0. The van der Waals surface area contributed by atoms with Crippen LogP contribution in [0, 0.1) is 0 Å². The smallest absolute Gasteiger partial charge is 0.322 e. The van der Waals surface area contributed by atoms with Crippen molar-refractivity contribution < 1.29 is 14.4 Å². The summed E-state index contributed by atoms with van der Waals surface area (Å²) in [6, 6.07) is 16.7. The molecule has 1 aliphatic carbocycles. The third-order valence-corrected chi connectivity index (χ3v) is 6.36. The molecule has 4 rings (SSSR count). The largest absolute Gasteiger partial charge is 0.352 e. The Kier molecular flexibility index (Phi) is 7.60. The highest BCUT2D eigenvalue weighted by molar-refractivity contribution is 6.12. The first kappa shape index (κ1) is 22.8. The van der Waals surface area contributed by atoms with E-state index >= 15 is 0 Å². The number of urea groups is 1. The Morgan fingerprint density at radius 3 is 2.21 bits per heavy atom. The van der Waals surface area contributed by atoms with Gasteiger partial charge < -0.3 is 10.6 Å². The second kappa shape index (κ2) is 11.0. The van der Waals surface area contributed by atoms with Gasteiger partial charge in [0.15, 0.2) is 0 Å². The van der Waals surface area contributed by atoms with Crippen LogP contribution in [0.25, 0.3) is 0 Å². The maximum Gasteiger partial charge on any atom is 0.322 e. The highest BCUT2D eigenvalue weighted by Crippen LogP contribution is 2.33. The predicted molar refractivity (Wildman–Crippen MR) is 129 cm³/mol. The van der Waals surface area contributed by atoms with Crippen LogP contribution in [0.15, 0.2) is 54.6 Å². The Bertz CT molecular complexity index is 971. The second-order valence-electron chi connectivity index (χ2n) is 8.81. The summed E-state index contributed by atoms with van der Waals surface area (Å²) in [5.41, 5.74) is 2.19. The van der Waals surface area contributed by atoms with Gasteiger partial charge in [-0.1, -0.05) is 74.6 Å². The molecule has 2 aliphatic rings. The van der Waals surface area contributed by atoms with Crippen molar-refractivity contribution in [1.29, 1.82) is 0 Å². The van der Waals surface area contributed by atoms with Gasteiger partial charge in [0.2, 0.25) is 11.8 Å². The number of rotatable bonds is 5. The summed E-state index contributed by atoms with van der Waals surface area (Å²) in [5.74, 6) is -0.415. The van der Waals surface area contributed by atoms with E-state index in [9.17, 15) is 14.4 Å². The number of carbonyl (C=O) groups is 3. The number of hydrogen-bond acceptors (Lipinski definition) is 3. The lowest BCUT2D eigenvalue weighted by atomic mass is 9.97. The third kappa shape index (κ3) is 5.92. The normalized spacial score (nSPS) is 17.0. The van der Waals surface area contributed by atoms with Gasteiger partial charge in [-0.25, -0.2) is 4.79 Å². The molecule has 2 aromatic carbocycles. The third-order valence-electron chi connectivity index (χ3n) is 6.36. The fraction of sp³-hybridized carbons (Fsp3) is 0.423. The maximum atomic E-state index is 13.0. The lowest BCUT2D eigenvalue weighted by Gasteiger charge is -2.36. The minimum absolute atomic E-state index is 0.0359. The molecule has 0 saturated heterocycles. The molecule has 0 aromatic heterocycles. The summed E-state index contributed by atoms with van der Waals surface area (Å²) in [7, 11) is 0. The van der Waals surface area contributed by atoms with E-state index in [1.165, 1.54) is 29.1 Å². The van der Waals surface area contributed by atoms with Crippen molar-refractivity contribution in [3.8, 4) is 0 Å². The lowest BCUT2D eigenvalue weighted by molar-refractivity contribution is -0.124. The van der Waals surface area contributed by atoms with Gasteiger partial charge in [-0.15, -0.1) is 0 Å². The van der Waals surface area contributed by atoms with Gasteiger partial charge in [0.1, 0.15) is 13.1 Å². The Labute approximate surface area is 195 Å². The lowest BCUT2D eigenvalue weighted by Crippen LogP contribution is -2.53. The zero-order valence-corrected chi connectivity index (χ0v) is 19.0. The highest BCUT2D eigenvalue weighted by Gasteiger charge is 2.33. The average Bonchev–Trinajstić information content (AvgIpc) is 2.81. The Morgan fingerprint density at radius 2 is 1.48 bits per heavy atom. The van der Waals surface area contributed by atoms with Crippen molar-refractivity contribution in [2.75, 3.05) is 22.9 Å². The maximum absolute atomic E-state index is 13.0. The number of benzene rings is 2. The first-order valence-corrected chi connectivity index (χ1v) is 11.9. The molecule has 0 bridgehead atoms. The van der Waals surface area contributed by atoms with Crippen LogP contribution in [-0.4, -0.2) is 37.0 Å². The molecule has 1 aliphatic heterocycles. The molecule has 2 aromatic rings. The highest BCUT2D eigenvalue weighted by atomic mass is 16.2. The SMILES string of the molecule is O=C(CN1C(=O)CN(C(=O)NCc2ccccc2)c2ccccc21)NC1CCCCCCC1. The predicted octanol–water partition coefficient (Wildman–Crippen LogP) is 3.98. The van der Waals surface area contributed by atoms with E-state index in [2.05, 4.69) is 10.6 Å². The molecule has 1 saturated carbocycles. The summed E-state index contributed by atoms with van der Waals surface area (Å²) in [4.78, 5) is 41.6. The van der Waals surface area contributed by atoms with E-state index in [4.69, 9.17) is 0 Å². The Morgan fingerprint density at radius 1 is 0.848 bits per heavy atom. The quantitative estimate of drug-likeness (QED) is 0.726. The molecule has 1 fully saturated rings. The first-order chi connectivity index (χ1) is 16.1. The fourth-order valence-electron chi connectivity index (χ4n) is 4.60. The van der Waals surface area contributed by atoms with Crippen LogP contribution in [0.2, 0.25) is 0 Å². The van der Waals surface area contributed by atoms with Crippen molar-refractivity contribution in [2.45, 2.75) is 57.5 Å². The number of amides is 4. The zero-order valence-electron chi connectivity index (χ0n) is 19.0. The Balaban J connectivity index is 1.42. The van der Waals surface area contributed by atoms with Crippen molar-refractivity contribution in [2.24, 2.45) is 0 Å². The van der Waals surface area contributed by atoms with E-state index in [0.717, 1.165) is 31.2 Å². The van der Waals surface area contributed by atoms with Crippen molar-refractivity contribution in [3.05, 3.63) is 60.2 Å². The molecule has 0 unspecified atom stereocenters. The number of hydrogen-bond donors (Lipinski definition) is 2. The number of nitrogens with one attached hydrogen (secondary N) is 2. The van der Waals surface area contributed by atoms with Gasteiger partial charge in [-0.05, 0) is 30.5 Å². The zero-order chi connectivity index (χ0) is 23.0. The van der Waals surface area contributed by atoms with Crippen LogP contribution in [0.5, 0.6) is 0 Å². The van der Waals surface area contributed by atoms with Crippen LogP contribution >= 0.6 is 0 Å². The molecular formula is C26H32N4O3. The van der Waals surface area contributed by atoms with E-state index in [-0.39, 0.29) is 37.0 Å². The van der Waals surface area contributed by atoms with E-state index < -0.39 is 0 Å². The molecular weight excluding hydrogens is 416 g/mol. The fourth-order valence-corrected chi connectivity index (χ4v) is 4.60. The second-order valence-corrected chi connectivity index (χ2v) is 8.81. The van der Waals surface area contributed by atoms with Gasteiger partial charge in [0, 0.05) is 12.6 Å². The molecule has 0 atom stereocenters. The summed E-state index contributed by atoms with van der Waals surface area (Å²) in [5, 5.41) is 6.02. The molecule has 2 N–H and O–H groups in total. The molecule has 7 heteroatoms. The van der Waals surface area contributed by atoms with Gasteiger partial charge in [-0.3, -0.25) is 19.4 Å². The van der Waals surface area contributed by atoms with Crippen molar-refractivity contribution in [3.63, 3.8) is 0 Å². The molecule has 7 nitrogen and oxygen atoms in total. The van der Waals surface area contributed by atoms with E-state index in [1.54, 1.807) is 6.07 Å². The monoisotopic (exact) mass is 448 g/mol. The molecule has 0 radical (unpaired) electrons. The van der Waals surface area contributed by atoms with Crippen molar-refractivity contribution in [1.82, 2.24) is 10.6 Å². The minimum atomic E-state index is -0.335. The molecule has 0 spiro atoms. The number of carbonyl (C=O) groups excluding carboxylic acids is 3. The molecule has 4 amide bonds. The number of anilines is 2. The Hall–Kier alpha value is -3.35. The van der Waals surface area contributed by atoms with Gasteiger partial charge >= 0.3 is 6.03 Å². The van der Waals surface area contributed by atoms with Gasteiger partial charge in [0.25, 0.3) is 0 Å². The van der Waals surface area contributed by atoms with Crippen LogP contribution in [0.3, 0.4) is 0 Å². The molecule has 1 heterocycles. The molecule has 33 heavy (non-hydrogen) atoms. The average molecular weight is 449 g/mol. The van der Waals surface area contributed by atoms with E-state index in [0.29, 0.717) is 17.9 Å². The van der Waals surface area contributed by atoms with E-state index in [1.807, 2.05) is 48.5 Å². The molecule has 174 valence electrons. The van der Waals surface area contributed by atoms with Gasteiger partial charge in [-0.2, -0.15) is 0 Å². The van der Waals surface area contributed by atoms with Crippen LogP contribution in [0.1, 0.15) is 50.5 Å². The van der Waals surface area contributed by atoms with Crippen LogP contribution < -0.4 is 20.4 Å². The van der Waals surface area contributed by atoms with Crippen molar-refractivity contribution >= 4 is 29.2 Å². The van der Waals surface area contributed by atoms with Crippen LogP contribution in [-0.2, 0) is 16.1 Å². The number of para-hydroxylation sites is 2. The summed E-state index contributed by atoms with van der Waals surface area (Å²) in [6.07, 6.45) is 7.94. The standard InChI is InChI=1S/C26H32N4O3/c31-24(28-21-13-7-2-1-3-8-14-21)18-29-22-15-9-10-16-23(22)30(19-25(29)32)26(33)27-17-20-11-5-4-6-12-20/h4-6,9-12,15-16,21H,1-3,7-8,13-14,17-19H2,(H,27,33)(H,28,31). The number of nitrogens with zero attached hydrogens (tertiary/aromatic N) is 2. The minimum Gasteiger partial charge on any atom is -0.352 e. The van der Waals surface area contributed by atoms with Crippen LogP contribution in [0.4, 0.5) is 16.2 Å². The number of fused-ring (bicyclic) bond motifs is 1. The first-order valence-electron chi connectivity index (χ1n) is 11.9.